The number of carbonyl (C=O) groups excluding carboxylic acids is 1. The number of sulfonamides is 1. The molecule has 1 atom stereocenters. The van der Waals surface area contributed by atoms with Gasteiger partial charge in [0.1, 0.15) is 12.3 Å². The summed E-state index contributed by atoms with van der Waals surface area (Å²) in [5.74, 6) is -0.352. The Kier molecular flexibility index (Phi) is 7.97. The van der Waals surface area contributed by atoms with Crippen molar-refractivity contribution in [3.63, 3.8) is 0 Å². The maximum atomic E-state index is 13.5. The number of hydrogen-bond donors (Lipinski definition) is 2. The highest BCUT2D eigenvalue weighted by molar-refractivity contribution is 7.92. The van der Waals surface area contributed by atoms with Gasteiger partial charge in [0.25, 0.3) is 10.0 Å². The van der Waals surface area contributed by atoms with E-state index in [2.05, 4.69) is 5.32 Å². The van der Waals surface area contributed by atoms with Crippen LogP contribution < -0.4 is 14.4 Å². The van der Waals surface area contributed by atoms with E-state index in [4.69, 9.17) is 16.3 Å². The lowest BCUT2D eigenvalue weighted by Crippen LogP contribution is -2.42. The highest BCUT2D eigenvalue weighted by Gasteiger charge is 2.30. The van der Waals surface area contributed by atoms with Crippen LogP contribution in [0, 0.1) is 6.92 Å². The van der Waals surface area contributed by atoms with Gasteiger partial charge in [-0.25, -0.2) is 8.42 Å². The minimum Gasteiger partial charge on any atom is -0.495 e. The molecule has 174 valence electrons. The number of carbonyl (C=O) groups is 1. The summed E-state index contributed by atoms with van der Waals surface area (Å²) in [5.41, 5.74) is 1.66. The van der Waals surface area contributed by atoms with Crippen LogP contribution in [0.4, 0.5) is 5.69 Å². The minimum absolute atomic E-state index is 0.0206. The van der Waals surface area contributed by atoms with E-state index in [0.29, 0.717) is 5.56 Å². The summed E-state index contributed by atoms with van der Waals surface area (Å²) in [6, 6.07) is 19.7. The minimum atomic E-state index is -4.13. The molecule has 33 heavy (non-hydrogen) atoms. The zero-order valence-electron chi connectivity index (χ0n) is 18.2. The summed E-state index contributed by atoms with van der Waals surface area (Å²) in [6.45, 7) is 1.24. The first kappa shape index (κ1) is 24.6. The summed E-state index contributed by atoms with van der Waals surface area (Å²) in [4.78, 5) is 12.8. The van der Waals surface area contributed by atoms with Crippen LogP contribution in [0.5, 0.6) is 5.75 Å². The van der Waals surface area contributed by atoms with Gasteiger partial charge in [0.2, 0.25) is 5.91 Å². The first-order chi connectivity index (χ1) is 15.7. The Morgan fingerprint density at radius 1 is 1.09 bits per heavy atom. The van der Waals surface area contributed by atoms with Gasteiger partial charge in [-0.3, -0.25) is 9.10 Å². The van der Waals surface area contributed by atoms with Gasteiger partial charge in [-0.1, -0.05) is 59.6 Å². The smallest absolute Gasteiger partial charge is 0.264 e. The number of aliphatic hydroxyl groups excluding tert-OH is 1. The van der Waals surface area contributed by atoms with Gasteiger partial charge in [0.05, 0.1) is 23.8 Å². The first-order valence-electron chi connectivity index (χ1n) is 10.1. The van der Waals surface area contributed by atoms with Gasteiger partial charge >= 0.3 is 0 Å². The number of aliphatic hydroxyl groups is 1. The molecule has 3 aromatic carbocycles. The number of nitrogens with one attached hydrogen (secondary N) is 1. The Labute approximate surface area is 198 Å². The van der Waals surface area contributed by atoms with E-state index in [0.717, 1.165) is 9.87 Å². The number of anilines is 1. The SMILES string of the molecule is COc1ccc(Cl)cc1N(CC(=O)NC[C@H](O)c1ccccc1)S(=O)(=O)c1ccc(C)cc1. The zero-order valence-corrected chi connectivity index (χ0v) is 19.8. The fraction of sp³-hybridized carbons (Fsp3) is 0.208. The van der Waals surface area contributed by atoms with E-state index >= 15 is 0 Å². The van der Waals surface area contributed by atoms with E-state index in [1.807, 2.05) is 13.0 Å². The molecule has 9 heteroatoms. The maximum absolute atomic E-state index is 13.5. The Morgan fingerprint density at radius 3 is 2.39 bits per heavy atom. The van der Waals surface area contributed by atoms with Crippen LogP contribution in [-0.4, -0.2) is 39.6 Å². The van der Waals surface area contributed by atoms with Gasteiger partial charge in [-0.2, -0.15) is 0 Å². The molecule has 1 amide bonds. The summed E-state index contributed by atoms with van der Waals surface area (Å²) in [7, 11) is -2.73. The van der Waals surface area contributed by atoms with Crippen LogP contribution >= 0.6 is 11.6 Å². The molecule has 0 bridgehead atoms. The number of rotatable bonds is 9. The number of halogens is 1. The van der Waals surface area contributed by atoms with E-state index in [9.17, 15) is 18.3 Å². The molecule has 0 aromatic heterocycles. The molecule has 0 aliphatic carbocycles. The topological polar surface area (TPSA) is 95.9 Å². The lowest BCUT2D eigenvalue weighted by atomic mass is 10.1. The van der Waals surface area contributed by atoms with Gasteiger partial charge in [-0.05, 0) is 42.8 Å². The second-order valence-electron chi connectivity index (χ2n) is 7.37. The lowest BCUT2D eigenvalue weighted by Gasteiger charge is -2.26. The van der Waals surface area contributed by atoms with Crippen molar-refractivity contribution in [2.24, 2.45) is 0 Å². The molecule has 0 spiro atoms. The quantitative estimate of drug-likeness (QED) is 0.478. The average Bonchev–Trinajstić information content (AvgIpc) is 2.81. The highest BCUT2D eigenvalue weighted by atomic mass is 35.5. The number of aryl methyl sites for hydroxylation is 1. The van der Waals surface area contributed by atoms with Gasteiger partial charge in [-0.15, -0.1) is 0 Å². The highest BCUT2D eigenvalue weighted by Crippen LogP contribution is 2.34. The number of amides is 1. The van der Waals surface area contributed by atoms with Crippen molar-refractivity contribution in [1.82, 2.24) is 5.32 Å². The monoisotopic (exact) mass is 488 g/mol. The molecule has 7 nitrogen and oxygen atoms in total. The summed E-state index contributed by atoms with van der Waals surface area (Å²) >= 11 is 6.13. The normalized spacial score (nSPS) is 12.1. The number of methoxy groups -OCH3 is 1. The maximum Gasteiger partial charge on any atom is 0.264 e. The Morgan fingerprint density at radius 2 is 1.76 bits per heavy atom. The third-order valence-electron chi connectivity index (χ3n) is 4.98. The largest absolute Gasteiger partial charge is 0.495 e. The molecular weight excluding hydrogens is 464 g/mol. The molecule has 0 aliphatic heterocycles. The molecule has 3 aromatic rings. The Balaban J connectivity index is 1.90. The van der Waals surface area contributed by atoms with Crippen molar-refractivity contribution in [2.75, 3.05) is 24.5 Å². The van der Waals surface area contributed by atoms with E-state index < -0.39 is 28.6 Å². The number of hydrogen-bond acceptors (Lipinski definition) is 5. The van der Waals surface area contributed by atoms with Crippen LogP contribution in [0.3, 0.4) is 0 Å². The third kappa shape index (κ3) is 6.04. The first-order valence-corrected chi connectivity index (χ1v) is 12.0. The Hall–Kier alpha value is -3.07. The third-order valence-corrected chi connectivity index (χ3v) is 6.99. The molecule has 0 heterocycles. The predicted octanol–water partition coefficient (Wildman–Crippen LogP) is 3.70. The van der Waals surface area contributed by atoms with Crippen molar-refractivity contribution < 1.29 is 23.1 Å². The van der Waals surface area contributed by atoms with E-state index in [1.165, 1.54) is 31.4 Å². The molecule has 0 radical (unpaired) electrons. The fourth-order valence-corrected chi connectivity index (χ4v) is 4.77. The number of ether oxygens (including phenoxy) is 1. The van der Waals surface area contributed by atoms with Crippen LogP contribution in [0.25, 0.3) is 0 Å². The van der Waals surface area contributed by atoms with Crippen LogP contribution in [0.2, 0.25) is 5.02 Å². The summed E-state index contributed by atoms with van der Waals surface area (Å²) in [6.07, 6.45) is -0.932. The van der Waals surface area contributed by atoms with Gasteiger partial charge in [0.15, 0.2) is 0 Å². The zero-order chi connectivity index (χ0) is 24.0. The summed E-state index contributed by atoms with van der Waals surface area (Å²) in [5, 5.41) is 13.2. The van der Waals surface area contributed by atoms with Crippen LogP contribution in [0.1, 0.15) is 17.2 Å². The Bertz CT molecular complexity index is 1200. The molecule has 0 saturated heterocycles. The van der Waals surface area contributed by atoms with Crippen molar-refractivity contribution in [2.45, 2.75) is 17.9 Å². The summed E-state index contributed by atoms with van der Waals surface area (Å²) < 4.78 is 33.3. The molecule has 2 N–H and O–H groups in total. The van der Waals surface area contributed by atoms with Crippen LogP contribution in [-0.2, 0) is 14.8 Å². The molecular formula is C24H25ClN2O5S. The second kappa shape index (κ2) is 10.7. The number of benzene rings is 3. The van der Waals surface area contributed by atoms with Crippen molar-refractivity contribution in [3.05, 3.63) is 88.9 Å². The molecule has 0 fully saturated rings. The predicted molar refractivity (Wildman–Crippen MR) is 128 cm³/mol. The average molecular weight is 489 g/mol. The van der Waals surface area contributed by atoms with Crippen molar-refractivity contribution >= 4 is 33.2 Å². The number of nitrogens with zero attached hydrogens (tertiary/aromatic N) is 1. The van der Waals surface area contributed by atoms with E-state index in [1.54, 1.807) is 42.5 Å². The second-order valence-corrected chi connectivity index (χ2v) is 9.67. The standard InChI is InChI=1S/C24H25ClN2O5S/c1-17-8-11-20(12-9-17)33(30,31)27(21-14-19(25)10-13-23(21)32-2)16-24(29)26-15-22(28)18-6-4-3-5-7-18/h3-14,22,28H,15-16H2,1-2H3,(H,26,29)/t22-/m0/s1. The fourth-order valence-electron chi connectivity index (χ4n) is 3.19. The van der Waals surface area contributed by atoms with Crippen LogP contribution in [0.15, 0.2) is 77.7 Å². The van der Waals surface area contributed by atoms with E-state index in [-0.39, 0.29) is 27.9 Å². The lowest BCUT2D eigenvalue weighted by molar-refractivity contribution is -0.120. The van der Waals surface area contributed by atoms with Crippen molar-refractivity contribution in [1.29, 1.82) is 0 Å². The van der Waals surface area contributed by atoms with Crippen molar-refractivity contribution in [3.8, 4) is 5.75 Å². The molecule has 0 saturated carbocycles. The van der Waals surface area contributed by atoms with Gasteiger partial charge in [0, 0.05) is 11.6 Å². The van der Waals surface area contributed by atoms with Gasteiger partial charge < -0.3 is 15.2 Å². The molecule has 3 rings (SSSR count). The molecule has 0 unspecified atom stereocenters. The molecule has 0 aliphatic rings.